The number of benzene rings is 1. The van der Waals surface area contributed by atoms with E-state index >= 15 is 0 Å². The minimum absolute atomic E-state index is 0.0117. The number of likely N-dealkylation sites (tertiary alicyclic amines) is 1. The van der Waals surface area contributed by atoms with Crippen molar-refractivity contribution in [3.63, 3.8) is 0 Å². The van der Waals surface area contributed by atoms with Crippen LogP contribution in [0.1, 0.15) is 23.1 Å². The van der Waals surface area contributed by atoms with E-state index < -0.39 is 0 Å². The number of nitrogens with one attached hydrogen (secondary N) is 1. The number of carbonyl (C=O) groups is 2. The maximum Gasteiger partial charge on any atom is 0.225 e. The average molecular weight is 334 g/mol. The highest BCUT2D eigenvalue weighted by molar-refractivity contribution is 5.89. The molecule has 2 heterocycles. The summed E-state index contributed by atoms with van der Waals surface area (Å²) in [5.74, 6) is -0.462. The molecule has 1 N–H and O–H groups in total. The summed E-state index contributed by atoms with van der Waals surface area (Å²) in [6, 6.07) is 12.9. The lowest BCUT2D eigenvalue weighted by Crippen LogP contribution is -2.32. The van der Waals surface area contributed by atoms with Gasteiger partial charge in [-0.25, -0.2) is 0 Å². The molecule has 1 saturated heterocycles. The van der Waals surface area contributed by atoms with E-state index in [1.165, 1.54) is 0 Å². The van der Waals surface area contributed by atoms with Crippen LogP contribution < -0.4 is 5.32 Å². The first kappa shape index (κ1) is 16.7. The number of amides is 2. The van der Waals surface area contributed by atoms with Crippen molar-refractivity contribution >= 4 is 11.8 Å². The smallest absolute Gasteiger partial charge is 0.225 e. The molecule has 0 spiro atoms. The van der Waals surface area contributed by atoms with E-state index in [0.29, 0.717) is 25.2 Å². The molecule has 0 bridgehead atoms. The van der Waals surface area contributed by atoms with E-state index in [-0.39, 0.29) is 24.2 Å². The molecule has 1 atom stereocenters. The number of nitriles is 1. The molecular formula is C19H18N4O2. The maximum atomic E-state index is 12.3. The van der Waals surface area contributed by atoms with Gasteiger partial charge in [0.25, 0.3) is 0 Å². The van der Waals surface area contributed by atoms with Crippen LogP contribution in [-0.4, -0.2) is 28.2 Å². The number of carbonyl (C=O) groups excluding carboxylic acids is 2. The number of hydrogen-bond donors (Lipinski definition) is 1. The fourth-order valence-electron chi connectivity index (χ4n) is 2.84. The molecule has 25 heavy (non-hydrogen) atoms. The lowest BCUT2D eigenvalue weighted by Gasteiger charge is -2.16. The maximum absolute atomic E-state index is 12.3. The van der Waals surface area contributed by atoms with Crippen molar-refractivity contribution in [3.05, 3.63) is 65.5 Å². The van der Waals surface area contributed by atoms with Gasteiger partial charge >= 0.3 is 0 Å². The Morgan fingerprint density at radius 3 is 2.76 bits per heavy atom. The second kappa shape index (κ2) is 7.58. The standard InChI is InChI=1S/C19H18N4O2/c20-9-14-3-5-15(6-4-14)11-22-19(25)17-8-18(24)23(13-17)12-16-2-1-7-21-10-16/h1-7,10,17H,8,11-13H2,(H,22,25). The first-order chi connectivity index (χ1) is 12.2. The van der Waals surface area contributed by atoms with Crippen molar-refractivity contribution in [2.24, 2.45) is 5.92 Å². The first-order valence-corrected chi connectivity index (χ1v) is 8.09. The fourth-order valence-corrected chi connectivity index (χ4v) is 2.84. The summed E-state index contributed by atoms with van der Waals surface area (Å²) in [6.45, 7) is 1.29. The van der Waals surface area contributed by atoms with E-state index in [9.17, 15) is 9.59 Å². The Morgan fingerprint density at radius 2 is 2.08 bits per heavy atom. The Balaban J connectivity index is 1.52. The SMILES string of the molecule is N#Cc1ccc(CNC(=O)C2CC(=O)N(Cc3cccnc3)C2)cc1. The third kappa shape index (κ3) is 4.21. The molecule has 6 heteroatoms. The van der Waals surface area contributed by atoms with Crippen LogP contribution in [0.15, 0.2) is 48.8 Å². The van der Waals surface area contributed by atoms with Crippen LogP contribution in [-0.2, 0) is 22.7 Å². The number of pyridine rings is 1. The molecule has 1 aromatic heterocycles. The second-order valence-corrected chi connectivity index (χ2v) is 6.06. The van der Waals surface area contributed by atoms with Gasteiger partial charge in [-0.1, -0.05) is 18.2 Å². The quantitative estimate of drug-likeness (QED) is 0.900. The minimum atomic E-state index is -0.331. The molecule has 126 valence electrons. The summed E-state index contributed by atoms with van der Waals surface area (Å²) < 4.78 is 0. The Bertz CT molecular complexity index is 796. The minimum Gasteiger partial charge on any atom is -0.352 e. The molecule has 0 saturated carbocycles. The molecule has 6 nitrogen and oxygen atoms in total. The zero-order valence-corrected chi connectivity index (χ0v) is 13.7. The number of aromatic nitrogens is 1. The van der Waals surface area contributed by atoms with Gasteiger partial charge in [0.2, 0.25) is 11.8 Å². The molecule has 1 unspecified atom stereocenters. The van der Waals surface area contributed by atoms with Crippen molar-refractivity contribution in [1.82, 2.24) is 15.2 Å². The van der Waals surface area contributed by atoms with Gasteiger partial charge in [0.05, 0.1) is 17.6 Å². The zero-order chi connectivity index (χ0) is 17.6. The summed E-state index contributed by atoms with van der Waals surface area (Å²) in [6.07, 6.45) is 3.65. The average Bonchev–Trinajstić information content (AvgIpc) is 3.01. The number of rotatable bonds is 5. The van der Waals surface area contributed by atoms with Crippen LogP contribution in [0, 0.1) is 17.2 Å². The summed E-state index contributed by atoms with van der Waals surface area (Å²) in [4.78, 5) is 30.2. The van der Waals surface area contributed by atoms with Crippen molar-refractivity contribution in [3.8, 4) is 6.07 Å². The van der Waals surface area contributed by atoms with Gasteiger partial charge in [0.15, 0.2) is 0 Å². The first-order valence-electron chi connectivity index (χ1n) is 8.09. The van der Waals surface area contributed by atoms with E-state index in [4.69, 9.17) is 5.26 Å². The Hall–Kier alpha value is -3.20. The van der Waals surface area contributed by atoms with Crippen LogP contribution in [0.4, 0.5) is 0 Å². The van der Waals surface area contributed by atoms with Crippen molar-refractivity contribution < 1.29 is 9.59 Å². The van der Waals surface area contributed by atoms with Crippen LogP contribution in [0.5, 0.6) is 0 Å². The Kier molecular flexibility index (Phi) is 5.05. The van der Waals surface area contributed by atoms with Crippen LogP contribution in [0.25, 0.3) is 0 Å². The van der Waals surface area contributed by atoms with Crippen molar-refractivity contribution in [2.45, 2.75) is 19.5 Å². The predicted molar refractivity (Wildman–Crippen MR) is 90.8 cm³/mol. The van der Waals surface area contributed by atoms with Crippen LogP contribution in [0.2, 0.25) is 0 Å². The van der Waals surface area contributed by atoms with Gasteiger partial charge in [-0.05, 0) is 29.3 Å². The third-order valence-corrected chi connectivity index (χ3v) is 4.23. The van der Waals surface area contributed by atoms with Crippen molar-refractivity contribution in [2.75, 3.05) is 6.54 Å². The second-order valence-electron chi connectivity index (χ2n) is 6.06. The van der Waals surface area contributed by atoms with Gasteiger partial charge in [0.1, 0.15) is 0 Å². The summed E-state index contributed by atoms with van der Waals surface area (Å²) in [7, 11) is 0. The number of hydrogen-bond acceptors (Lipinski definition) is 4. The summed E-state index contributed by atoms with van der Waals surface area (Å²) in [5, 5.41) is 11.7. The molecule has 3 rings (SSSR count). The fraction of sp³-hybridized carbons (Fsp3) is 0.263. The monoisotopic (exact) mass is 334 g/mol. The highest BCUT2D eigenvalue weighted by Crippen LogP contribution is 2.20. The molecular weight excluding hydrogens is 316 g/mol. The van der Waals surface area contributed by atoms with Gasteiger partial charge < -0.3 is 10.2 Å². The highest BCUT2D eigenvalue weighted by Gasteiger charge is 2.34. The molecule has 0 radical (unpaired) electrons. The summed E-state index contributed by atoms with van der Waals surface area (Å²) >= 11 is 0. The number of nitrogens with zero attached hydrogens (tertiary/aromatic N) is 3. The molecule has 1 aromatic carbocycles. The Morgan fingerprint density at radius 1 is 1.28 bits per heavy atom. The molecule has 1 fully saturated rings. The third-order valence-electron chi connectivity index (χ3n) is 4.23. The molecule has 1 aliphatic heterocycles. The van der Waals surface area contributed by atoms with Gasteiger partial charge in [-0.3, -0.25) is 14.6 Å². The lowest BCUT2D eigenvalue weighted by atomic mass is 10.1. The zero-order valence-electron chi connectivity index (χ0n) is 13.7. The molecule has 1 aliphatic rings. The highest BCUT2D eigenvalue weighted by atomic mass is 16.2. The topological polar surface area (TPSA) is 86.1 Å². The van der Waals surface area contributed by atoms with E-state index in [1.807, 2.05) is 24.3 Å². The van der Waals surface area contributed by atoms with Gasteiger partial charge in [-0.15, -0.1) is 0 Å². The Labute approximate surface area is 146 Å². The lowest BCUT2D eigenvalue weighted by molar-refractivity contribution is -0.129. The normalized spacial score (nSPS) is 16.5. The van der Waals surface area contributed by atoms with Gasteiger partial charge in [0, 0.05) is 38.4 Å². The van der Waals surface area contributed by atoms with Crippen LogP contribution in [0.3, 0.4) is 0 Å². The van der Waals surface area contributed by atoms with E-state index in [0.717, 1.165) is 11.1 Å². The predicted octanol–water partition coefficient (Wildman–Crippen LogP) is 1.62. The van der Waals surface area contributed by atoms with Crippen molar-refractivity contribution in [1.29, 1.82) is 5.26 Å². The summed E-state index contributed by atoms with van der Waals surface area (Å²) in [5.41, 5.74) is 2.46. The largest absolute Gasteiger partial charge is 0.352 e. The van der Waals surface area contributed by atoms with Crippen LogP contribution >= 0.6 is 0 Å². The van der Waals surface area contributed by atoms with E-state index in [1.54, 1.807) is 29.4 Å². The van der Waals surface area contributed by atoms with Gasteiger partial charge in [-0.2, -0.15) is 5.26 Å². The van der Waals surface area contributed by atoms with E-state index in [2.05, 4.69) is 16.4 Å². The molecule has 2 aromatic rings. The molecule has 2 amide bonds. The molecule has 0 aliphatic carbocycles.